The van der Waals surface area contributed by atoms with Crippen LogP contribution >= 0.6 is 0 Å². The molecule has 4 nitrogen and oxygen atoms in total. The molecule has 2 N–H and O–H groups in total. The van der Waals surface area contributed by atoms with Crippen LogP contribution in [0.4, 0.5) is 0 Å². The van der Waals surface area contributed by atoms with Crippen molar-refractivity contribution >= 4 is 0 Å². The summed E-state index contributed by atoms with van der Waals surface area (Å²) in [6.45, 7) is 0.532. The van der Waals surface area contributed by atoms with Crippen molar-refractivity contribution < 1.29 is 14.2 Å². The van der Waals surface area contributed by atoms with Gasteiger partial charge in [0.2, 0.25) is 0 Å². The molecular formula is C14H21NO3. The third-order valence-corrected chi connectivity index (χ3v) is 3.62. The fraction of sp³-hybridized carbons (Fsp3) is 0.571. The zero-order valence-corrected chi connectivity index (χ0v) is 11.3. The first kappa shape index (κ1) is 13.2. The van der Waals surface area contributed by atoms with Crippen LogP contribution in [0, 0.1) is 0 Å². The Labute approximate surface area is 108 Å². The quantitative estimate of drug-likeness (QED) is 0.871. The van der Waals surface area contributed by atoms with E-state index in [1.54, 1.807) is 21.3 Å². The predicted octanol–water partition coefficient (Wildman–Crippen LogP) is 2.19. The van der Waals surface area contributed by atoms with Crippen LogP contribution in [0.25, 0.3) is 0 Å². The van der Waals surface area contributed by atoms with E-state index in [0.29, 0.717) is 6.61 Å². The zero-order chi connectivity index (χ0) is 13.2. The van der Waals surface area contributed by atoms with Gasteiger partial charge in [0.05, 0.1) is 26.4 Å². The highest BCUT2D eigenvalue weighted by Crippen LogP contribution is 2.47. The van der Waals surface area contributed by atoms with Gasteiger partial charge in [-0.1, -0.05) is 0 Å². The van der Waals surface area contributed by atoms with Crippen molar-refractivity contribution in [3.63, 3.8) is 0 Å². The Kier molecular flexibility index (Phi) is 3.78. The van der Waals surface area contributed by atoms with Crippen LogP contribution in [0.1, 0.15) is 30.4 Å². The van der Waals surface area contributed by atoms with Gasteiger partial charge in [-0.3, -0.25) is 0 Å². The normalized spacial score (nSPS) is 17.1. The second-order valence-electron chi connectivity index (χ2n) is 4.82. The first-order valence-corrected chi connectivity index (χ1v) is 6.18. The maximum atomic E-state index is 6.41. The summed E-state index contributed by atoms with van der Waals surface area (Å²) in [5, 5.41) is 0. The van der Waals surface area contributed by atoms with Crippen LogP contribution in [0.15, 0.2) is 12.1 Å². The summed E-state index contributed by atoms with van der Waals surface area (Å²) < 4.78 is 16.1. The fourth-order valence-corrected chi connectivity index (χ4v) is 2.51. The molecule has 0 spiro atoms. The van der Waals surface area contributed by atoms with E-state index in [-0.39, 0.29) is 5.54 Å². The summed E-state index contributed by atoms with van der Waals surface area (Å²) in [5.41, 5.74) is 8.12. The molecule has 2 rings (SSSR count). The lowest BCUT2D eigenvalue weighted by atomic mass is 9.72. The minimum atomic E-state index is -0.303. The van der Waals surface area contributed by atoms with Crippen molar-refractivity contribution in [1.82, 2.24) is 0 Å². The fourth-order valence-electron chi connectivity index (χ4n) is 2.51. The predicted molar refractivity (Wildman–Crippen MR) is 70.0 cm³/mol. The van der Waals surface area contributed by atoms with Gasteiger partial charge < -0.3 is 19.9 Å². The summed E-state index contributed by atoms with van der Waals surface area (Å²) in [6, 6.07) is 3.96. The van der Waals surface area contributed by atoms with Gasteiger partial charge >= 0.3 is 0 Å². The van der Waals surface area contributed by atoms with Gasteiger partial charge in [-0.15, -0.1) is 0 Å². The first-order valence-electron chi connectivity index (χ1n) is 6.18. The SMILES string of the molecule is COCc1cc(OC)c(C2(N)CCC2)c(OC)c1. The van der Waals surface area contributed by atoms with E-state index in [1.165, 1.54) is 0 Å². The maximum Gasteiger partial charge on any atom is 0.127 e. The molecule has 0 radical (unpaired) electrons. The van der Waals surface area contributed by atoms with Crippen molar-refractivity contribution in [2.75, 3.05) is 21.3 Å². The molecular weight excluding hydrogens is 230 g/mol. The third kappa shape index (κ3) is 2.18. The smallest absolute Gasteiger partial charge is 0.127 e. The molecule has 0 unspecified atom stereocenters. The van der Waals surface area contributed by atoms with Crippen LogP contribution in [0.2, 0.25) is 0 Å². The maximum absolute atomic E-state index is 6.41. The Bertz CT molecular complexity index is 402. The number of ether oxygens (including phenoxy) is 3. The van der Waals surface area contributed by atoms with Gasteiger partial charge in [0.25, 0.3) is 0 Å². The molecule has 1 aliphatic carbocycles. The number of methoxy groups -OCH3 is 3. The molecule has 18 heavy (non-hydrogen) atoms. The topological polar surface area (TPSA) is 53.7 Å². The summed E-state index contributed by atoms with van der Waals surface area (Å²) in [6.07, 6.45) is 3.11. The van der Waals surface area contributed by atoms with E-state index in [0.717, 1.165) is 41.9 Å². The second kappa shape index (κ2) is 5.16. The van der Waals surface area contributed by atoms with Crippen molar-refractivity contribution in [2.24, 2.45) is 5.73 Å². The average molecular weight is 251 g/mol. The van der Waals surface area contributed by atoms with Crippen molar-refractivity contribution in [3.8, 4) is 11.5 Å². The molecule has 0 heterocycles. The second-order valence-corrected chi connectivity index (χ2v) is 4.82. The molecule has 4 heteroatoms. The van der Waals surface area contributed by atoms with E-state index in [1.807, 2.05) is 12.1 Å². The molecule has 100 valence electrons. The van der Waals surface area contributed by atoms with E-state index in [4.69, 9.17) is 19.9 Å². The summed E-state index contributed by atoms with van der Waals surface area (Å²) in [4.78, 5) is 0. The van der Waals surface area contributed by atoms with Crippen molar-refractivity contribution in [1.29, 1.82) is 0 Å². The van der Waals surface area contributed by atoms with Gasteiger partial charge in [-0.25, -0.2) is 0 Å². The molecule has 1 aromatic carbocycles. The minimum Gasteiger partial charge on any atom is -0.496 e. The zero-order valence-electron chi connectivity index (χ0n) is 11.3. The lowest BCUT2D eigenvalue weighted by Crippen LogP contribution is -2.43. The Morgan fingerprint density at radius 2 is 1.67 bits per heavy atom. The Balaban J connectivity index is 2.48. The van der Waals surface area contributed by atoms with Crippen LogP contribution in [0.3, 0.4) is 0 Å². The lowest BCUT2D eigenvalue weighted by molar-refractivity contribution is 0.183. The molecule has 1 aliphatic rings. The molecule has 0 aliphatic heterocycles. The van der Waals surface area contributed by atoms with E-state index in [2.05, 4.69) is 0 Å². The number of rotatable bonds is 5. The van der Waals surface area contributed by atoms with Gasteiger partial charge in [0.1, 0.15) is 11.5 Å². The first-order chi connectivity index (χ1) is 8.64. The molecule has 1 fully saturated rings. The highest BCUT2D eigenvalue weighted by atomic mass is 16.5. The summed E-state index contributed by atoms with van der Waals surface area (Å²) >= 11 is 0. The molecule has 0 atom stereocenters. The largest absolute Gasteiger partial charge is 0.496 e. The third-order valence-electron chi connectivity index (χ3n) is 3.62. The number of hydrogen-bond acceptors (Lipinski definition) is 4. The van der Waals surface area contributed by atoms with Gasteiger partial charge in [-0.05, 0) is 37.0 Å². The number of benzene rings is 1. The average Bonchev–Trinajstić information content (AvgIpc) is 2.35. The standard InChI is InChI=1S/C14H21NO3/c1-16-9-10-7-11(17-2)13(12(8-10)18-3)14(15)5-4-6-14/h7-8H,4-6,9,15H2,1-3H3. The van der Waals surface area contributed by atoms with Crippen LogP contribution in [-0.2, 0) is 16.9 Å². The van der Waals surface area contributed by atoms with Crippen molar-refractivity contribution in [2.45, 2.75) is 31.4 Å². The van der Waals surface area contributed by atoms with Crippen LogP contribution < -0.4 is 15.2 Å². The highest BCUT2D eigenvalue weighted by Gasteiger charge is 2.39. The van der Waals surface area contributed by atoms with E-state index >= 15 is 0 Å². The molecule has 1 saturated carbocycles. The van der Waals surface area contributed by atoms with Crippen molar-refractivity contribution in [3.05, 3.63) is 23.3 Å². The van der Waals surface area contributed by atoms with Gasteiger partial charge in [-0.2, -0.15) is 0 Å². The molecule has 1 aromatic rings. The molecule has 0 aromatic heterocycles. The van der Waals surface area contributed by atoms with E-state index < -0.39 is 0 Å². The van der Waals surface area contributed by atoms with Crippen LogP contribution in [-0.4, -0.2) is 21.3 Å². The Morgan fingerprint density at radius 3 is 2.00 bits per heavy atom. The number of nitrogens with two attached hydrogens (primary N) is 1. The van der Waals surface area contributed by atoms with Gasteiger partial charge in [0.15, 0.2) is 0 Å². The molecule has 0 bridgehead atoms. The minimum absolute atomic E-state index is 0.303. The Hall–Kier alpha value is -1.26. The summed E-state index contributed by atoms with van der Waals surface area (Å²) in [5.74, 6) is 1.59. The lowest BCUT2D eigenvalue weighted by Gasteiger charge is -2.40. The molecule has 0 amide bonds. The monoisotopic (exact) mass is 251 g/mol. The van der Waals surface area contributed by atoms with E-state index in [9.17, 15) is 0 Å². The van der Waals surface area contributed by atoms with Gasteiger partial charge in [0, 0.05) is 12.6 Å². The summed E-state index contributed by atoms with van der Waals surface area (Å²) in [7, 11) is 5.00. The highest BCUT2D eigenvalue weighted by molar-refractivity contribution is 5.52. The van der Waals surface area contributed by atoms with Crippen LogP contribution in [0.5, 0.6) is 11.5 Å². The number of hydrogen-bond donors (Lipinski definition) is 1. The Morgan fingerprint density at radius 1 is 1.11 bits per heavy atom. The molecule has 0 saturated heterocycles.